The van der Waals surface area contributed by atoms with Gasteiger partial charge in [0.2, 0.25) is 15.3 Å². The molecule has 0 spiro atoms. The van der Waals surface area contributed by atoms with Crippen LogP contribution < -0.4 is 5.43 Å². The monoisotopic (exact) mass is 445 g/mol. The molecule has 0 saturated carbocycles. The summed E-state index contributed by atoms with van der Waals surface area (Å²) in [5, 5.41) is 0.230. The fourth-order valence-electron chi connectivity index (χ4n) is 3.22. The molecule has 152 valence electrons. The molecule has 0 fully saturated rings. The van der Waals surface area contributed by atoms with Gasteiger partial charge in [0.1, 0.15) is 16.5 Å². The number of aromatic nitrogens is 1. The van der Waals surface area contributed by atoms with Crippen LogP contribution in [0.2, 0.25) is 5.02 Å². The molecule has 0 aliphatic heterocycles. The molecule has 1 heterocycles. The smallest absolute Gasteiger partial charge is 0.211 e. The summed E-state index contributed by atoms with van der Waals surface area (Å²) in [6.45, 7) is -0.0434. The highest BCUT2D eigenvalue weighted by atomic mass is 35.5. The Morgan fingerprint density at radius 2 is 1.63 bits per heavy atom. The summed E-state index contributed by atoms with van der Waals surface area (Å²) in [5.41, 5.74) is -0.245. The van der Waals surface area contributed by atoms with Gasteiger partial charge in [-0.2, -0.15) is 0 Å². The van der Waals surface area contributed by atoms with Crippen LogP contribution in [0, 0.1) is 11.6 Å². The van der Waals surface area contributed by atoms with E-state index >= 15 is 0 Å². The molecular weight excluding hydrogens is 432 g/mol. The normalized spacial score (nSPS) is 11.7. The minimum absolute atomic E-state index is 0.0434. The molecule has 0 unspecified atom stereocenters. The molecule has 0 aliphatic rings. The number of fused-ring (bicyclic) bond motifs is 1. The standard InChI is InChI=1S/C22H14ClF2NO3S/c23-15-5-8-17(9-6-15)30(28,29)21-13-26(12-14-3-1-2-4-19(14)25)20-10-7-16(24)11-18(20)22(21)27/h1-11,13H,12H2. The minimum Gasteiger partial charge on any atom is -0.341 e. The number of sulfone groups is 1. The second-order valence-corrected chi connectivity index (χ2v) is 9.02. The van der Waals surface area contributed by atoms with Crippen molar-refractivity contribution in [3.05, 3.63) is 105 Å². The van der Waals surface area contributed by atoms with Crippen LogP contribution in [0.25, 0.3) is 10.9 Å². The quantitative estimate of drug-likeness (QED) is 0.453. The van der Waals surface area contributed by atoms with Crippen LogP contribution in [-0.4, -0.2) is 13.0 Å². The van der Waals surface area contributed by atoms with Gasteiger partial charge in [-0.3, -0.25) is 4.79 Å². The van der Waals surface area contributed by atoms with Crippen molar-refractivity contribution in [3.63, 3.8) is 0 Å². The summed E-state index contributed by atoms with van der Waals surface area (Å²) in [4.78, 5) is 12.3. The summed E-state index contributed by atoms with van der Waals surface area (Å²) < 4.78 is 55.8. The molecule has 1 aromatic heterocycles. The summed E-state index contributed by atoms with van der Waals surface area (Å²) in [7, 11) is -4.22. The molecule has 0 N–H and O–H groups in total. The van der Waals surface area contributed by atoms with Crippen LogP contribution in [-0.2, 0) is 16.4 Å². The van der Waals surface area contributed by atoms with Gasteiger partial charge in [-0.25, -0.2) is 17.2 Å². The zero-order valence-corrected chi connectivity index (χ0v) is 16.9. The first kappa shape index (κ1) is 20.3. The van der Waals surface area contributed by atoms with Gasteiger partial charge >= 0.3 is 0 Å². The molecule has 8 heteroatoms. The van der Waals surface area contributed by atoms with Crippen LogP contribution in [0.1, 0.15) is 5.56 Å². The molecule has 0 bridgehead atoms. The number of pyridine rings is 1. The van der Waals surface area contributed by atoms with Crippen LogP contribution in [0.4, 0.5) is 8.78 Å². The van der Waals surface area contributed by atoms with Crippen LogP contribution in [0.3, 0.4) is 0 Å². The number of hydrogen-bond acceptors (Lipinski definition) is 3. The van der Waals surface area contributed by atoms with Gasteiger partial charge < -0.3 is 4.57 Å². The highest BCUT2D eigenvalue weighted by Gasteiger charge is 2.24. The van der Waals surface area contributed by atoms with Gasteiger partial charge in [0, 0.05) is 22.2 Å². The summed E-state index contributed by atoms with van der Waals surface area (Å²) in [5.74, 6) is -1.16. The van der Waals surface area contributed by atoms with Crippen molar-refractivity contribution < 1.29 is 17.2 Å². The lowest BCUT2D eigenvalue weighted by Crippen LogP contribution is -2.20. The van der Waals surface area contributed by atoms with Gasteiger partial charge in [0.25, 0.3) is 0 Å². The van der Waals surface area contributed by atoms with E-state index in [9.17, 15) is 22.0 Å². The minimum atomic E-state index is -4.22. The van der Waals surface area contributed by atoms with Gasteiger partial charge in [-0.05, 0) is 48.5 Å². The molecular formula is C22H14ClF2NO3S. The molecule has 3 aromatic carbocycles. The first-order chi connectivity index (χ1) is 14.3. The zero-order valence-electron chi connectivity index (χ0n) is 15.3. The summed E-state index contributed by atoms with van der Waals surface area (Å²) in [6.07, 6.45) is 1.17. The number of benzene rings is 3. The lowest BCUT2D eigenvalue weighted by Gasteiger charge is -2.14. The number of hydrogen-bond donors (Lipinski definition) is 0. The highest BCUT2D eigenvalue weighted by molar-refractivity contribution is 7.91. The van der Waals surface area contributed by atoms with Crippen molar-refractivity contribution in [2.45, 2.75) is 16.3 Å². The second-order valence-electron chi connectivity index (χ2n) is 6.66. The molecule has 4 nitrogen and oxygen atoms in total. The summed E-state index contributed by atoms with van der Waals surface area (Å²) >= 11 is 5.83. The van der Waals surface area contributed by atoms with Gasteiger partial charge in [0.05, 0.1) is 17.0 Å². The Morgan fingerprint density at radius 3 is 2.33 bits per heavy atom. The van der Waals surface area contributed by atoms with E-state index in [1.165, 1.54) is 53.2 Å². The average molecular weight is 446 g/mol. The van der Waals surface area contributed by atoms with Crippen molar-refractivity contribution in [2.75, 3.05) is 0 Å². The third kappa shape index (κ3) is 3.62. The van der Waals surface area contributed by atoms with Crippen LogP contribution in [0.5, 0.6) is 0 Å². The first-order valence-electron chi connectivity index (χ1n) is 8.84. The fourth-order valence-corrected chi connectivity index (χ4v) is 4.71. The Kier molecular flexibility index (Phi) is 5.17. The molecule has 30 heavy (non-hydrogen) atoms. The number of nitrogens with zero attached hydrogens (tertiary/aromatic N) is 1. The predicted octanol–water partition coefficient (Wildman–Crippen LogP) is 4.81. The SMILES string of the molecule is O=c1c(S(=O)(=O)c2ccc(Cl)cc2)cn(Cc2ccccc2F)c2ccc(F)cc12. The van der Waals surface area contributed by atoms with E-state index in [1.807, 2.05) is 0 Å². The van der Waals surface area contributed by atoms with Crippen LogP contribution in [0.15, 0.2) is 87.5 Å². The maximum Gasteiger partial charge on any atom is 0.211 e. The van der Waals surface area contributed by atoms with Crippen molar-refractivity contribution in [2.24, 2.45) is 0 Å². The van der Waals surface area contributed by atoms with E-state index in [4.69, 9.17) is 11.6 Å². The third-order valence-corrected chi connectivity index (χ3v) is 6.74. The highest BCUT2D eigenvalue weighted by Crippen LogP contribution is 2.24. The van der Waals surface area contributed by atoms with Crippen molar-refractivity contribution >= 4 is 32.3 Å². The lowest BCUT2D eigenvalue weighted by molar-refractivity contribution is 0.591. The maximum absolute atomic E-state index is 14.2. The predicted molar refractivity (Wildman–Crippen MR) is 111 cm³/mol. The third-order valence-electron chi connectivity index (χ3n) is 4.72. The Bertz CT molecular complexity index is 1430. The van der Waals surface area contributed by atoms with Gasteiger partial charge in [-0.1, -0.05) is 29.8 Å². The average Bonchev–Trinajstić information content (AvgIpc) is 2.72. The van der Waals surface area contributed by atoms with E-state index in [0.717, 1.165) is 12.1 Å². The van der Waals surface area contributed by atoms with Crippen molar-refractivity contribution in [1.29, 1.82) is 0 Å². The Balaban J connectivity index is 1.99. The molecule has 4 rings (SSSR count). The molecule has 0 aliphatic carbocycles. The Labute approximate surface area is 175 Å². The number of halogens is 3. The maximum atomic E-state index is 14.2. The molecule has 0 atom stereocenters. The van der Waals surface area contributed by atoms with E-state index in [1.54, 1.807) is 12.1 Å². The lowest BCUT2D eigenvalue weighted by atomic mass is 10.1. The van der Waals surface area contributed by atoms with E-state index in [0.29, 0.717) is 16.1 Å². The topological polar surface area (TPSA) is 56.1 Å². The zero-order chi connectivity index (χ0) is 21.5. The molecule has 4 aromatic rings. The summed E-state index contributed by atoms with van der Waals surface area (Å²) in [6, 6.07) is 14.9. The van der Waals surface area contributed by atoms with Crippen LogP contribution >= 0.6 is 11.6 Å². The molecule has 0 amide bonds. The Hall–Kier alpha value is -3.03. The molecule has 0 saturated heterocycles. The fraction of sp³-hybridized carbons (Fsp3) is 0.0455. The van der Waals surface area contributed by atoms with Crippen molar-refractivity contribution in [1.82, 2.24) is 4.57 Å². The Morgan fingerprint density at radius 1 is 0.933 bits per heavy atom. The second kappa shape index (κ2) is 7.66. The van der Waals surface area contributed by atoms with E-state index < -0.39 is 31.8 Å². The largest absolute Gasteiger partial charge is 0.341 e. The van der Waals surface area contributed by atoms with Gasteiger partial charge in [-0.15, -0.1) is 0 Å². The van der Waals surface area contributed by atoms with E-state index in [-0.39, 0.29) is 16.8 Å². The van der Waals surface area contributed by atoms with Gasteiger partial charge in [0.15, 0.2) is 0 Å². The van der Waals surface area contributed by atoms with E-state index in [2.05, 4.69) is 0 Å². The first-order valence-corrected chi connectivity index (χ1v) is 10.7. The number of rotatable bonds is 4. The molecule has 0 radical (unpaired) electrons. The van der Waals surface area contributed by atoms with Crippen molar-refractivity contribution in [3.8, 4) is 0 Å².